The summed E-state index contributed by atoms with van der Waals surface area (Å²) in [6.45, 7) is 1.34. The summed E-state index contributed by atoms with van der Waals surface area (Å²) < 4.78 is 13.4. The van der Waals surface area contributed by atoms with E-state index in [0.717, 1.165) is 41.3 Å². The van der Waals surface area contributed by atoms with Crippen molar-refractivity contribution in [2.24, 2.45) is 0 Å². The van der Waals surface area contributed by atoms with Gasteiger partial charge in [0.05, 0.1) is 24.7 Å². The maximum absolute atomic E-state index is 5.92. The highest BCUT2D eigenvalue weighted by Crippen LogP contribution is 2.21. The molecule has 2 aromatic heterocycles. The number of hydrogen-bond acceptors (Lipinski definition) is 4. The predicted molar refractivity (Wildman–Crippen MR) is 105 cm³/mol. The van der Waals surface area contributed by atoms with E-state index in [1.807, 2.05) is 30.3 Å². The van der Waals surface area contributed by atoms with E-state index in [4.69, 9.17) is 14.5 Å². The summed E-state index contributed by atoms with van der Waals surface area (Å²) >= 11 is 1.76. The van der Waals surface area contributed by atoms with Crippen LogP contribution in [0.1, 0.15) is 10.7 Å². The summed E-state index contributed by atoms with van der Waals surface area (Å²) in [6, 6.07) is 20.2. The molecular weight excluding hydrogens is 344 g/mol. The van der Waals surface area contributed by atoms with Gasteiger partial charge in [0.15, 0.2) is 0 Å². The van der Waals surface area contributed by atoms with Gasteiger partial charge in [0.1, 0.15) is 23.9 Å². The quantitative estimate of drug-likeness (QED) is 0.474. The first-order chi connectivity index (χ1) is 12.8. The van der Waals surface area contributed by atoms with E-state index in [9.17, 15) is 0 Å². The monoisotopic (exact) mass is 364 g/mol. The summed E-state index contributed by atoms with van der Waals surface area (Å²) in [7, 11) is 1.66. The van der Waals surface area contributed by atoms with E-state index in [0.29, 0.717) is 6.61 Å². The van der Waals surface area contributed by atoms with Crippen LogP contribution in [0, 0.1) is 0 Å². The van der Waals surface area contributed by atoms with Crippen molar-refractivity contribution in [2.75, 3.05) is 13.7 Å². The molecule has 5 heteroatoms. The van der Waals surface area contributed by atoms with Crippen LogP contribution in [0.5, 0.6) is 11.5 Å². The van der Waals surface area contributed by atoms with E-state index in [2.05, 4.69) is 40.3 Å². The number of thiophene rings is 1. The SMILES string of the molecule is COc1ccc(OCCn2c(Cc3cccs3)nc3ccccc32)cc1. The minimum absolute atomic E-state index is 0.587. The Morgan fingerprint density at radius 2 is 1.77 bits per heavy atom. The highest BCUT2D eigenvalue weighted by molar-refractivity contribution is 7.09. The standard InChI is InChI=1S/C21H20N2O2S/c1-24-16-8-10-17(11-9-16)25-13-12-23-20-7-3-2-6-19(20)22-21(23)15-18-5-4-14-26-18/h2-11,14H,12-13,15H2,1H3. The zero-order valence-electron chi connectivity index (χ0n) is 14.6. The van der Waals surface area contributed by atoms with Crippen LogP contribution in [0.2, 0.25) is 0 Å². The second kappa shape index (κ2) is 7.62. The Labute approximate surface area is 156 Å². The van der Waals surface area contributed by atoms with Crippen LogP contribution in [0.15, 0.2) is 66.0 Å². The maximum atomic E-state index is 5.92. The number of hydrogen-bond donors (Lipinski definition) is 0. The highest BCUT2D eigenvalue weighted by Gasteiger charge is 2.11. The van der Waals surface area contributed by atoms with Crippen molar-refractivity contribution in [1.29, 1.82) is 0 Å². The molecule has 0 aliphatic carbocycles. The van der Waals surface area contributed by atoms with Gasteiger partial charge in [0.2, 0.25) is 0 Å². The molecule has 0 radical (unpaired) electrons. The molecule has 0 bridgehead atoms. The number of imidazole rings is 1. The molecule has 0 N–H and O–H groups in total. The molecule has 0 aliphatic heterocycles. The van der Waals surface area contributed by atoms with Crippen LogP contribution in [-0.4, -0.2) is 23.3 Å². The van der Waals surface area contributed by atoms with Crippen molar-refractivity contribution in [2.45, 2.75) is 13.0 Å². The third-order valence-electron chi connectivity index (χ3n) is 4.29. The zero-order valence-corrected chi connectivity index (χ0v) is 15.4. The molecule has 0 saturated carbocycles. The summed E-state index contributed by atoms with van der Waals surface area (Å²) in [5.41, 5.74) is 2.18. The molecule has 0 saturated heterocycles. The van der Waals surface area contributed by atoms with Gasteiger partial charge in [-0.3, -0.25) is 0 Å². The molecule has 0 unspecified atom stereocenters. The van der Waals surface area contributed by atoms with Crippen LogP contribution in [0.3, 0.4) is 0 Å². The number of benzene rings is 2. The molecule has 0 spiro atoms. The average Bonchev–Trinajstić information content (AvgIpc) is 3.31. The van der Waals surface area contributed by atoms with E-state index in [1.54, 1.807) is 18.4 Å². The van der Waals surface area contributed by atoms with E-state index >= 15 is 0 Å². The minimum Gasteiger partial charge on any atom is -0.497 e. The van der Waals surface area contributed by atoms with Crippen molar-refractivity contribution in [3.05, 3.63) is 76.7 Å². The Kier molecular flexibility index (Phi) is 4.88. The summed E-state index contributed by atoms with van der Waals surface area (Å²) in [5.74, 6) is 2.75. The van der Waals surface area contributed by atoms with E-state index < -0.39 is 0 Å². The second-order valence-corrected chi connectivity index (χ2v) is 6.98. The Morgan fingerprint density at radius 1 is 0.962 bits per heavy atom. The Balaban J connectivity index is 1.52. The van der Waals surface area contributed by atoms with E-state index in [-0.39, 0.29) is 0 Å². The van der Waals surface area contributed by atoms with Gasteiger partial charge in [-0.25, -0.2) is 4.98 Å². The van der Waals surface area contributed by atoms with Crippen molar-refractivity contribution in [3.63, 3.8) is 0 Å². The first kappa shape index (κ1) is 16.7. The number of aromatic nitrogens is 2. The molecule has 26 heavy (non-hydrogen) atoms. The van der Waals surface area contributed by atoms with Crippen molar-refractivity contribution in [1.82, 2.24) is 9.55 Å². The predicted octanol–water partition coefficient (Wildman–Crippen LogP) is 4.78. The summed E-state index contributed by atoms with van der Waals surface area (Å²) in [6.07, 6.45) is 0.842. The molecule has 2 heterocycles. The number of para-hydroxylation sites is 2. The van der Waals surface area contributed by atoms with Gasteiger partial charge in [-0.2, -0.15) is 0 Å². The summed E-state index contributed by atoms with van der Waals surface area (Å²) in [4.78, 5) is 6.15. The van der Waals surface area contributed by atoms with Gasteiger partial charge in [-0.05, 0) is 47.8 Å². The lowest BCUT2D eigenvalue weighted by atomic mass is 10.3. The molecule has 4 nitrogen and oxygen atoms in total. The second-order valence-electron chi connectivity index (χ2n) is 5.95. The van der Waals surface area contributed by atoms with Gasteiger partial charge < -0.3 is 14.0 Å². The molecular formula is C21H20N2O2S. The van der Waals surface area contributed by atoms with Gasteiger partial charge in [0, 0.05) is 11.3 Å². The Hall–Kier alpha value is -2.79. The van der Waals surface area contributed by atoms with Crippen LogP contribution < -0.4 is 9.47 Å². The highest BCUT2D eigenvalue weighted by atomic mass is 32.1. The Morgan fingerprint density at radius 3 is 2.54 bits per heavy atom. The maximum Gasteiger partial charge on any atom is 0.119 e. The van der Waals surface area contributed by atoms with Crippen LogP contribution in [-0.2, 0) is 13.0 Å². The lowest BCUT2D eigenvalue weighted by molar-refractivity contribution is 0.298. The van der Waals surface area contributed by atoms with Gasteiger partial charge >= 0.3 is 0 Å². The molecule has 0 amide bonds. The topological polar surface area (TPSA) is 36.3 Å². The number of ether oxygens (including phenoxy) is 2. The third-order valence-corrected chi connectivity index (χ3v) is 5.17. The van der Waals surface area contributed by atoms with Crippen LogP contribution in [0.25, 0.3) is 11.0 Å². The number of fused-ring (bicyclic) bond motifs is 1. The number of nitrogens with zero attached hydrogens (tertiary/aromatic N) is 2. The van der Waals surface area contributed by atoms with Crippen molar-refractivity contribution >= 4 is 22.4 Å². The lowest BCUT2D eigenvalue weighted by Crippen LogP contribution is -2.11. The van der Waals surface area contributed by atoms with Gasteiger partial charge in [0.25, 0.3) is 0 Å². The van der Waals surface area contributed by atoms with Gasteiger partial charge in [-0.15, -0.1) is 11.3 Å². The molecule has 4 aromatic rings. The normalized spacial score (nSPS) is 11.0. The fourth-order valence-electron chi connectivity index (χ4n) is 3.01. The number of rotatable bonds is 7. The molecule has 2 aromatic carbocycles. The fraction of sp³-hybridized carbons (Fsp3) is 0.190. The first-order valence-corrected chi connectivity index (χ1v) is 9.45. The van der Waals surface area contributed by atoms with Gasteiger partial charge in [-0.1, -0.05) is 18.2 Å². The fourth-order valence-corrected chi connectivity index (χ4v) is 3.71. The average molecular weight is 364 g/mol. The molecule has 0 fully saturated rings. The third kappa shape index (κ3) is 3.58. The molecule has 132 valence electrons. The molecule has 0 atom stereocenters. The van der Waals surface area contributed by atoms with Crippen LogP contribution in [0.4, 0.5) is 0 Å². The van der Waals surface area contributed by atoms with E-state index in [1.165, 1.54) is 4.88 Å². The largest absolute Gasteiger partial charge is 0.497 e. The Bertz CT molecular complexity index is 975. The lowest BCUT2D eigenvalue weighted by Gasteiger charge is -2.11. The minimum atomic E-state index is 0.587. The summed E-state index contributed by atoms with van der Waals surface area (Å²) in [5, 5.41) is 2.11. The first-order valence-electron chi connectivity index (χ1n) is 8.57. The van der Waals surface area contributed by atoms with Crippen molar-refractivity contribution < 1.29 is 9.47 Å². The molecule has 0 aliphatic rings. The molecule has 4 rings (SSSR count). The zero-order chi connectivity index (χ0) is 17.8. The van der Waals surface area contributed by atoms with Crippen LogP contribution >= 0.6 is 11.3 Å². The smallest absolute Gasteiger partial charge is 0.119 e. The van der Waals surface area contributed by atoms with Crippen molar-refractivity contribution in [3.8, 4) is 11.5 Å². The number of methoxy groups -OCH3 is 1.